The van der Waals surface area contributed by atoms with Crippen LogP contribution in [0, 0.1) is 0 Å². The highest BCUT2D eigenvalue weighted by Gasteiger charge is 2.28. The number of hydrogen-bond acceptors (Lipinski definition) is 10. The van der Waals surface area contributed by atoms with Crippen molar-refractivity contribution >= 4 is 25.7 Å². The summed E-state index contributed by atoms with van der Waals surface area (Å²) < 4.78 is 39.7. The molecule has 0 aromatic rings. The molecule has 0 aromatic carbocycles. The van der Waals surface area contributed by atoms with E-state index in [2.05, 4.69) is 57.2 Å². The highest BCUT2D eigenvalue weighted by molar-refractivity contribution is 7.47. The molecule has 0 aliphatic heterocycles. The minimum Gasteiger partial charge on any atom is -0.462 e. The van der Waals surface area contributed by atoms with E-state index in [0.717, 1.165) is 83.5 Å². The van der Waals surface area contributed by atoms with Gasteiger partial charge in [0.25, 0.3) is 0 Å². The Morgan fingerprint density at radius 2 is 0.590 bits per heavy atom. The Morgan fingerprint density at radius 3 is 0.885 bits per heavy atom. The molecule has 0 saturated carbocycles. The van der Waals surface area contributed by atoms with Crippen LogP contribution < -0.4 is 0 Å². The summed E-state index contributed by atoms with van der Waals surface area (Å²) in [6.45, 7) is 4.68. The van der Waals surface area contributed by atoms with E-state index in [4.69, 9.17) is 23.3 Å². The summed E-state index contributed by atoms with van der Waals surface area (Å²) in [5, 5.41) is 9.85. The number of unbranched alkanes of at least 4 members (excludes halogenated alkanes) is 39. The maximum Gasteiger partial charge on any atom is 0.472 e. The number of aliphatic hydroxyl groups is 1. The van der Waals surface area contributed by atoms with Crippen molar-refractivity contribution in [3.05, 3.63) is 36.5 Å². The standard InChI is InChI=1S/C66H123O11P/c1-4-7-10-13-16-19-22-25-28-30-31-33-36-39-42-45-48-51-54-57-66(70)77-63(59-73-64(68)55-52-49-46-43-40-37-34-27-24-21-18-15-12-9-6-3)61-75-78(71,72)74-60-62(58-67)76-65(69)56-53-50-47-44-41-38-35-32-29-26-23-20-17-14-11-8-5-2/h25-29,34,62-63,67H,4-24,30-33,35-61H2,1-3H3,(H,71,72)/b28-25-,29-26-,34-27-. The lowest BCUT2D eigenvalue weighted by Crippen LogP contribution is -2.30. The average molecular weight is 1120 g/mol. The van der Waals surface area contributed by atoms with E-state index in [1.807, 2.05) is 0 Å². The number of hydrogen-bond donors (Lipinski definition) is 2. The summed E-state index contributed by atoms with van der Waals surface area (Å²) in [5.41, 5.74) is 0. The second-order valence-corrected chi connectivity index (χ2v) is 23.7. The van der Waals surface area contributed by atoms with Crippen LogP contribution in [0.4, 0.5) is 0 Å². The van der Waals surface area contributed by atoms with Gasteiger partial charge in [0.1, 0.15) is 12.7 Å². The van der Waals surface area contributed by atoms with Crippen molar-refractivity contribution in [1.82, 2.24) is 0 Å². The number of phosphoric ester groups is 1. The van der Waals surface area contributed by atoms with E-state index in [1.54, 1.807) is 0 Å². The third-order valence-corrected chi connectivity index (χ3v) is 15.5. The van der Waals surface area contributed by atoms with E-state index in [1.165, 1.54) is 186 Å². The summed E-state index contributed by atoms with van der Waals surface area (Å²) in [6.07, 6.45) is 65.2. The molecule has 2 N–H and O–H groups in total. The maximum absolute atomic E-state index is 13.0. The fraction of sp³-hybridized carbons (Fsp3) is 0.864. The minimum atomic E-state index is -4.75. The van der Waals surface area contributed by atoms with Crippen LogP contribution >= 0.6 is 7.82 Å². The SMILES string of the molecule is CCCCCCCC/C=C\CCCCCCCCCCCC(=O)OC(COC(=O)CCCCCCC/C=C\CCCCCCCC)COP(=O)(O)OCC(CO)OC(=O)CCCCCCCCC/C=C\CCCCCCCC. The number of carbonyl (C=O) groups excluding carboxylic acids is 3. The van der Waals surface area contributed by atoms with Crippen LogP contribution in [0.25, 0.3) is 0 Å². The van der Waals surface area contributed by atoms with Gasteiger partial charge in [-0.05, 0) is 96.3 Å². The number of aliphatic hydroxyl groups excluding tert-OH is 1. The van der Waals surface area contributed by atoms with Gasteiger partial charge < -0.3 is 24.2 Å². The van der Waals surface area contributed by atoms with E-state index >= 15 is 0 Å². The van der Waals surface area contributed by atoms with Gasteiger partial charge in [0.05, 0.1) is 19.8 Å². The normalized spacial score (nSPS) is 13.4. The Hall–Kier alpha value is -2.30. The number of rotatable bonds is 62. The van der Waals surface area contributed by atoms with Crippen LogP contribution in [0.5, 0.6) is 0 Å². The molecule has 0 saturated heterocycles. The van der Waals surface area contributed by atoms with E-state index in [0.29, 0.717) is 19.3 Å². The van der Waals surface area contributed by atoms with Crippen LogP contribution in [0.2, 0.25) is 0 Å². The number of ether oxygens (including phenoxy) is 3. The summed E-state index contributed by atoms with van der Waals surface area (Å²) in [6, 6.07) is 0. The van der Waals surface area contributed by atoms with Gasteiger partial charge in [-0.2, -0.15) is 0 Å². The summed E-state index contributed by atoms with van der Waals surface area (Å²) in [5.74, 6) is -1.46. The topological polar surface area (TPSA) is 155 Å². The van der Waals surface area contributed by atoms with Crippen LogP contribution in [0.15, 0.2) is 36.5 Å². The van der Waals surface area contributed by atoms with E-state index in [-0.39, 0.29) is 25.9 Å². The van der Waals surface area contributed by atoms with Crippen molar-refractivity contribution < 1.29 is 52.2 Å². The fourth-order valence-corrected chi connectivity index (χ4v) is 10.2. The van der Waals surface area contributed by atoms with Crippen molar-refractivity contribution in [3.8, 4) is 0 Å². The van der Waals surface area contributed by atoms with Crippen LogP contribution in [-0.4, -0.2) is 66.5 Å². The quantitative estimate of drug-likeness (QED) is 0.0197. The molecule has 0 aliphatic carbocycles. The molecule has 0 rings (SSSR count). The molecular formula is C66H123O11P. The zero-order valence-corrected chi connectivity index (χ0v) is 51.8. The number of esters is 3. The first kappa shape index (κ1) is 75.7. The van der Waals surface area contributed by atoms with Crippen molar-refractivity contribution in [2.45, 2.75) is 341 Å². The van der Waals surface area contributed by atoms with Gasteiger partial charge in [-0.1, -0.05) is 250 Å². The fourth-order valence-electron chi connectivity index (χ4n) is 9.46. The average Bonchev–Trinajstić information content (AvgIpc) is 3.43. The van der Waals surface area contributed by atoms with Gasteiger partial charge in [-0.15, -0.1) is 0 Å². The molecule has 11 nitrogen and oxygen atoms in total. The highest BCUT2D eigenvalue weighted by Crippen LogP contribution is 2.43. The smallest absolute Gasteiger partial charge is 0.462 e. The molecule has 3 atom stereocenters. The second kappa shape index (κ2) is 60.8. The van der Waals surface area contributed by atoms with Gasteiger partial charge in [0.2, 0.25) is 0 Å². The molecule has 78 heavy (non-hydrogen) atoms. The molecular weight excluding hydrogens is 1000 g/mol. The van der Waals surface area contributed by atoms with Gasteiger partial charge in [-0.25, -0.2) is 4.57 Å². The second-order valence-electron chi connectivity index (χ2n) is 22.3. The highest BCUT2D eigenvalue weighted by atomic mass is 31.2. The molecule has 0 fully saturated rings. The summed E-state index contributed by atoms with van der Waals surface area (Å²) >= 11 is 0. The summed E-state index contributed by atoms with van der Waals surface area (Å²) in [7, 11) is -4.75. The Bertz CT molecular complexity index is 1450. The molecule has 12 heteroatoms. The van der Waals surface area contributed by atoms with Crippen molar-refractivity contribution in [2.75, 3.05) is 26.4 Å². The maximum atomic E-state index is 13.0. The van der Waals surface area contributed by atoms with Crippen molar-refractivity contribution in [2.24, 2.45) is 0 Å². The summed E-state index contributed by atoms with van der Waals surface area (Å²) in [4.78, 5) is 48.8. The van der Waals surface area contributed by atoms with Crippen LogP contribution in [0.3, 0.4) is 0 Å². The molecule has 0 aliphatic rings. The van der Waals surface area contributed by atoms with Crippen molar-refractivity contribution in [1.29, 1.82) is 0 Å². The molecule has 0 aromatic heterocycles. The number of phosphoric acid groups is 1. The third-order valence-electron chi connectivity index (χ3n) is 14.5. The predicted molar refractivity (Wildman–Crippen MR) is 326 cm³/mol. The molecule has 3 unspecified atom stereocenters. The lowest BCUT2D eigenvalue weighted by atomic mass is 10.1. The first-order chi connectivity index (χ1) is 38.2. The lowest BCUT2D eigenvalue weighted by Gasteiger charge is -2.21. The predicted octanol–water partition coefficient (Wildman–Crippen LogP) is 19.9. The molecule has 0 radical (unpaired) electrons. The Morgan fingerprint density at radius 1 is 0.346 bits per heavy atom. The van der Waals surface area contributed by atoms with Gasteiger partial charge in [0.15, 0.2) is 6.10 Å². The lowest BCUT2D eigenvalue weighted by molar-refractivity contribution is -0.161. The largest absolute Gasteiger partial charge is 0.472 e. The molecule has 458 valence electrons. The molecule has 0 bridgehead atoms. The third kappa shape index (κ3) is 58.4. The van der Waals surface area contributed by atoms with Crippen LogP contribution in [-0.2, 0) is 42.2 Å². The molecule has 0 spiro atoms. The number of allylic oxidation sites excluding steroid dienone is 6. The van der Waals surface area contributed by atoms with E-state index < -0.39 is 57.8 Å². The molecule has 0 amide bonds. The number of carbonyl (C=O) groups is 3. The van der Waals surface area contributed by atoms with Crippen molar-refractivity contribution in [3.63, 3.8) is 0 Å². The van der Waals surface area contributed by atoms with E-state index in [9.17, 15) is 28.9 Å². The Kier molecular flexibility index (Phi) is 59.0. The van der Waals surface area contributed by atoms with Gasteiger partial charge in [0, 0.05) is 19.3 Å². The zero-order valence-electron chi connectivity index (χ0n) is 50.9. The monoisotopic (exact) mass is 1120 g/mol. The van der Waals surface area contributed by atoms with Gasteiger partial charge in [-0.3, -0.25) is 23.4 Å². The van der Waals surface area contributed by atoms with Gasteiger partial charge >= 0.3 is 25.7 Å². The minimum absolute atomic E-state index is 0.167. The Labute approximate surface area is 480 Å². The first-order valence-electron chi connectivity index (χ1n) is 32.9. The Balaban J connectivity index is 4.66. The zero-order chi connectivity index (χ0) is 56.9. The first-order valence-corrected chi connectivity index (χ1v) is 34.4. The van der Waals surface area contributed by atoms with Crippen LogP contribution in [0.1, 0.15) is 329 Å². The molecule has 0 heterocycles.